The fourth-order valence-electron chi connectivity index (χ4n) is 5.57. The number of rotatable bonds is 16. The number of carbonyl (C=O) groups excluding carboxylic acids is 1. The van der Waals surface area contributed by atoms with E-state index >= 15 is 0 Å². The SMILES string of the molecule is Cc1ccccc1CCNC(=O)CCCCc1ccc(CNc2ncc([N+](=O)[O-])c(NCC3CCC(CN)CC3)n2)cc1. The third-order valence-corrected chi connectivity index (χ3v) is 8.39. The minimum Gasteiger partial charge on any atom is -0.364 e. The van der Waals surface area contributed by atoms with Gasteiger partial charge in [-0.15, -0.1) is 0 Å². The van der Waals surface area contributed by atoms with Gasteiger partial charge in [-0.05, 0) is 98.9 Å². The number of nitro groups is 1. The Morgan fingerprint density at radius 2 is 1.70 bits per heavy atom. The second-order valence-corrected chi connectivity index (χ2v) is 11.6. The van der Waals surface area contributed by atoms with Gasteiger partial charge in [-0.1, -0.05) is 48.5 Å². The molecule has 0 radical (unpaired) electrons. The number of unbranched alkanes of at least 4 members (excludes halogenated alkanes) is 1. The molecule has 0 atom stereocenters. The monoisotopic (exact) mass is 587 g/mol. The number of aromatic nitrogens is 2. The molecule has 1 aliphatic carbocycles. The molecule has 3 aromatic rings. The molecule has 0 bridgehead atoms. The van der Waals surface area contributed by atoms with E-state index in [2.05, 4.69) is 69.2 Å². The van der Waals surface area contributed by atoms with Crippen LogP contribution < -0.4 is 21.7 Å². The standard InChI is InChI=1S/C33H45N7O3/c1-24-6-2-4-8-29(24)18-19-35-31(41)9-5-3-7-25-10-14-28(15-11-25)22-37-33-38-23-30(40(42)43)32(39-33)36-21-27-16-12-26(20-34)13-17-27/h2,4,6,8,10-11,14-15,23,26-27H,3,5,7,9,12-13,16-22,34H2,1H3,(H,35,41)(H2,36,37,38,39). The Morgan fingerprint density at radius 1 is 0.977 bits per heavy atom. The molecule has 2 aromatic carbocycles. The number of hydrogen-bond acceptors (Lipinski definition) is 8. The number of aryl methyl sites for hydroxylation is 2. The lowest BCUT2D eigenvalue weighted by atomic mass is 9.82. The topological polar surface area (TPSA) is 148 Å². The summed E-state index contributed by atoms with van der Waals surface area (Å²) in [6.07, 6.45) is 9.71. The van der Waals surface area contributed by atoms with Gasteiger partial charge in [0.1, 0.15) is 6.20 Å². The second-order valence-electron chi connectivity index (χ2n) is 11.6. The molecule has 0 unspecified atom stereocenters. The van der Waals surface area contributed by atoms with E-state index in [4.69, 9.17) is 5.73 Å². The lowest BCUT2D eigenvalue weighted by molar-refractivity contribution is -0.384. The van der Waals surface area contributed by atoms with Gasteiger partial charge >= 0.3 is 5.69 Å². The minimum atomic E-state index is -0.449. The number of anilines is 2. The molecule has 1 aromatic heterocycles. The van der Waals surface area contributed by atoms with Gasteiger partial charge in [0.05, 0.1) is 4.92 Å². The van der Waals surface area contributed by atoms with Crippen LogP contribution in [0.15, 0.2) is 54.7 Å². The van der Waals surface area contributed by atoms with Crippen LogP contribution in [0.2, 0.25) is 0 Å². The number of carbonyl (C=O) groups is 1. The van der Waals surface area contributed by atoms with Gasteiger partial charge in [0.15, 0.2) is 0 Å². The smallest absolute Gasteiger partial charge is 0.329 e. The van der Waals surface area contributed by atoms with Crippen molar-refractivity contribution in [3.63, 3.8) is 0 Å². The molecule has 1 saturated carbocycles. The molecule has 5 N–H and O–H groups in total. The van der Waals surface area contributed by atoms with Gasteiger partial charge < -0.3 is 21.7 Å². The van der Waals surface area contributed by atoms with Crippen LogP contribution in [0.1, 0.15) is 67.2 Å². The number of benzene rings is 2. The van der Waals surface area contributed by atoms with Crippen molar-refractivity contribution in [3.05, 3.63) is 87.1 Å². The van der Waals surface area contributed by atoms with Crippen LogP contribution >= 0.6 is 0 Å². The van der Waals surface area contributed by atoms with Crippen LogP contribution in [0.25, 0.3) is 0 Å². The zero-order valence-corrected chi connectivity index (χ0v) is 25.2. The van der Waals surface area contributed by atoms with E-state index in [9.17, 15) is 14.9 Å². The lowest BCUT2D eigenvalue weighted by Crippen LogP contribution is -2.25. The van der Waals surface area contributed by atoms with Crippen molar-refractivity contribution in [2.75, 3.05) is 30.3 Å². The summed E-state index contributed by atoms with van der Waals surface area (Å²) >= 11 is 0. The van der Waals surface area contributed by atoms with E-state index in [0.29, 0.717) is 43.8 Å². The average Bonchev–Trinajstić information content (AvgIpc) is 3.02. The molecule has 4 rings (SSSR count). The van der Waals surface area contributed by atoms with Gasteiger partial charge in [0.2, 0.25) is 17.7 Å². The molecule has 10 heteroatoms. The summed E-state index contributed by atoms with van der Waals surface area (Å²) in [6, 6.07) is 16.6. The van der Waals surface area contributed by atoms with E-state index in [0.717, 1.165) is 63.5 Å². The van der Waals surface area contributed by atoms with Gasteiger partial charge in [-0.2, -0.15) is 4.98 Å². The van der Waals surface area contributed by atoms with Gasteiger partial charge in [-0.3, -0.25) is 14.9 Å². The van der Waals surface area contributed by atoms with E-state index < -0.39 is 4.92 Å². The van der Waals surface area contributed by atoms with E-state index in [1.807, 2.05) is 12.1 Å². The first-order valence-corrected chi connectivity index (χ1v) is 15.5. The lowest BCUT2D eigenvalue weighted by Gasteiger charge is -2.27. The normalized spacial score (nSPS) is 16.4. The Morgan fingerprint density at radius 3 is 2.42 bits per heavy atom. The number of nitrogens with one attached hydrogen (secondary N) is 3. The summed E-state index contributed by atoms with van der Waals surface area (Å²) in [5, 5.41) is 21.0. The molecule has 0 saturated heterocycles. The van der Waals surface area contributed by atoms with E-state index in [1.54, 1.807) is 0 Å². The van der Waals surface area contributed by atoms with Crippen LogP contribution in [-0.4, -0.2) is 40.4 Å². The van der Waals surface area contributed by atoms with Crippen molar-refractivity contribution in [1.82, 2.24) is 15.3 Å². The molecule has 1 fully saturated rings. The molecule has 1 amide bonds. The highest BCUT2D eigenvalue weighted by molar-refractivity contribution is 5.75. The molecule has 0 aliphatic heterocycles. The van der Waals surface area contributed by atoms with Crippen LogP contribution in [0.4, 0.5) is 17.5 Å². The van der Waals surface area contributed by atoms with Crippen LogP contribution in [0.3, 0.4) is 0 Å². The summed E-state index contributed by atoms with van der Waals surface area (Å²) < 4.78 is 0. The maximum Gasteiger partial charge on any atom is 0.329 e. The molecular formula is C33H45N7O3. The summed E-state index contributed by atoms with van der Waals surface area (Å²) in [4.78, 5) is 31.9. The molecule has 1 aliphatic rings. The summed E-state index contributed by atoms with van der Waals surface area (Å²) in [7, 11) is 0. The molecule has 10 nitrogen and oxygen atoms in total. The highest BCUT2D eigenvalue weighted by Gasteiger charge is 2.22. The first kappa shape index (κ1) is 31.9. The largest absolute Gasteiger partial charge is 0.364 e. The first-order valence-electron chi connectivity index (χ1n) is 15.5. The van der Waals surface area contributed by atoms with Crippen molar-refractivity contribution < 1.29 is 9.72 Å². The summed E-state index contributed by atoms with van der Waals surface area (Å²) in [6.45, 7) is 4.64. The highest BCUT2D eigenvalue weighted by atomic mass is 16.6. The Bertz CT molecular complexity index is 1320. The Hall–Kier alpha value is -4.05. The van der Waals surface area contributed by atoms with Crippen molar-refractivity contribution in [2.24, 2.45) is 17.6 Å². The Kier molecular flexibility index (Phi) is 12.3. The minimum absolute atomic E-state index is 0.108. The molecular weight excluding hydrogens is 542 g/mol. The second kappa shape index (κ2) is 16.6. The quantitative estimate of drug-likeness (QED) is 0.0968. The van der Waals surface area contributed by atoms with Crippen LogP contribution in [0, 0.1) is 28.9 Å². The van der Waals surface area contributed by atoms with Gasteiger partial charge in [0, 0.05) is 26.1 Å². The Labute approximate surface area is 254 Å². The van der Waals surface area contributed by atoms with Gasteiger partial charge in [0.25, 0.3) is 0 Å². The number of amides is 1. The third kappa shape index (κ3) is 10.3. The number of hydrogen-bond donors (Lipinski definition) is 4. The maximum atomic E-state index is 12.2. The molecule has 1 heterocycles. The van der Waals surface area contributed by atoms with Crippen LogP contribution in [0.5, 0.6) is 0 Å². The molecule has 230 valence electrons. The average molecular weight is 588 g/mol. The van der Waals surface area contributed by atoms with Crippen molar-refractivity contribution in [1.29, 1.82) is 0 Å². The third-order valence-electron chi connectivity index (χ3n) is 8.39. The molecule has 43 heavy (non-hydrogen) atoms. The maximum absolute atomic E-state index is 12.2. The number of nitrogens with two attached hydrogens (primary N) is 1. The predicted octanol–water partition coefficient (Wildman–Crippen LogP) is 5.55. The van der Waals surface area contributed by atoms with Gasteiger partial charge in [-0.25, -0.2) is 4.98 Å². The van der Waals surface area contributed by atoms with E-state index in [-0.39, 0.29) is 17.4 Å². The van der Waals surface area contributed by atoms with E-state index in [1.165, 1.54) is 22.9 Å². The van der Waals surface area contributed by atoms with Crippen LogP contribution in [-0.2, 0) is 24.2 Å². The summed E-state index contributed by atoms with van der Waals surface area (Å²) in [5.41, 5.74) is 10.5. The Balaban J connectivity index is 1.16. The van der Waals surface area contributed by atoms with Crippen molar-refractivity contribution in [3.8, 4) is 0 Å². The zero-order chi connectivity index (χ0) is 30.4. The fraction of sp³-hybridized carbons (Fsp3) is 0.485. The molecule has 0 spiro atoms. The fourth-order valence-corrected chi connectivity index (χ4v) is 5.57. The zero-order valence-electron chi connectivity index (χ0n) is 25.2. The highest BCUT2D eigenvalue weighted by Crippen LogP contribution is 2.29. The number of nitrogens with zero attached hydrogens (tertiary/aromatic N) is 3. The van der Waals surface area contributed by atoms with Crippen molar-refractivity contribution >= 4 is 23.4 Å². The first-order chi connectivity index (χ1) is 20.9. The predicted molar refractivity (Wildman–Crippen MR) is 171 cm³/mol. The van der Waals surface area contributed by atoms with Crippen molar-refractivity contribution in [2.45, 2.75) is 71.3 Å². The summed E-state index contributed by atoms with van der Waals surface area (Å²) in [5.74, 6) is 1.75.